The second kappa shape index (κ2) is 25.2. The van der Waals surface area contributed by atoms with E-state index in [1.165, 1.54) is 0 Å². The maximum Gasteiger partial charge on any atom is 0.345 e. The molecule has 3 amide bonds. The fourth-order valence-electron chi connectivity index (χ4n) is 7.21. The van der Waals surface area contributed by atoms with Crippen LogP contribution < -0.4 is 24.1 Å². The van der Waals surface area contributed by atoms with E-state index in [2.05, 4.69) is 5.32 Å². The van der Waals surface area contributed by atoms with Crippen LogP contribution in [0.15, 0.2) is 48.5 Å². The van der Waals surface area contributed by atoms with Gasteiger partial charge in [0.25, 0.3) is 27.8 Å². The number of rotatable bonds is 28. The Morgan fingerprint density at radius 1 is 0.727 bits per heavy atom. The molecule has 0 radical (unpaired) electrons. The van der Waals surface area contributed by atoms with Crippen LogP contribution in [0, 0.1) is 13.8 Å². The highest BCUT2D eigenvalue weighted by Gasteiger charge is 2.33. The molecule has 1 aliphatic rings. The normalized spacial score (nSPS) is 12.8. The van der Waals surface area contributed by atoms with E-state index >= 15 is 0 Å². The number of amides is 3. The predicted molar refractivity (Wildman–Crippen MR) is 238 cm³/mol. The molecule has 0 saturated carbocycles. The number of methoxy groups -OCH3 is 2. The molecule has 0 spiro atoms. The zero-order chi connectivity index (χ0) is 47.6. The van der Waals surface area contributed by atoms with Gasteiger partial charge in [0.15, 0.2) is 6.54 Å². The number of unbranched alkanes of at least 4 members (excludes halogenated alkanes) is 2. The summed E-state index contributed by atoms with van der Waals surface area (Å²) in [6.45, 7) is 6.48. The lowest BCUT2D eigenvalue weighted by Crippen LogP contribution is -2.37. The molecule has 2 N–H and O–H groups in total. The van der Waals surface area contributed by atoms with Gasteiger partial charge in [-0.1, -0.05) is 6.42 Å². The van der Waals surface area contributed by atoms with Gasteiger partial charge in [-0.3, -0.25) is 18.9 Å². The highest BCUT2D eigenvalue weighted by Crippen LogP contribution is 2.33. The quantitative estimate of drug-likeness (QED) is 0.0153. The van der Waals surface area contributed by atoms with E-state index in [9.17, 15) is 36.9 Å². The molecule has 20 heteroatoms. The average molecular weight is 941 g/mol. The lowest BCUT2D eigenvalue weighted by Gasteiger charge is -2.16. The van der Waals surface area contributed by atoms with Crippen molar-refractivity contribution in [3.63, 3.8) is 0 Å². The molecule has 1 aliphatic heterocycles. The summed E-state index contributed by atoms with van der Waals surface area (Å²) < 4.78 is 74.4. The first kappa shape index (κ1) is 51.2. The second-order valence-electron chi connectivity index (χ2n) is 15.4. The molecule has 0 aliphatic carbocycles. The van der Waals surface area contributed by atoms with E-state index in [1.807, 2.05) is 4.57 Å². The van der Waals surface area contributed by atoms with Crippen molar-refractivity contribution in [2.45, 2.75) is 65.3 Å². The lowest BCUT2D eigenvalue weighted by molar-refractivity contribution is -0.645. The van der Waals surface area contributed by atoms with Gasteiger partial charge in [0.2, 0.25) is 11.0 Å². The minimum absolute atomic E-state index is 0.00925. The molecular weight excluding hydrogens is 883 g/mol. The second-order valence-corrected chi connectivity index (χ2v) is 16.9. The van der Waals surface area contributed by atoms with Gasteiger partial charge >= 0.3 is 11.9 Å². The topological polar surface area (TPSA) is 233 Å². The number of aromatic nitrogens is 1. The molecule has 3 aromatic carbocycles. The molecule has 0 atom stereocenters. The first-order chi connectivity index (χ1) is 31.7. The van der Waals surface area contributed by atoms with Crippen LogP contribution >= 0.6 is 0 Å². The van der Waals surface area contributed by atoms with Gasteiger partial charge in [-0.05, 0) is 74.2 Å². The third kappa shape index (κ3) is 14.9. The van der Waals surface area contributed by atoms with Crippen LogP contribution in [0.5, 0.6) is 17.2 Å². The molecule has 4 aromatic rings. The summed E-state index contributed by atoms with van der Waals surface area (Å²) in [5, 5.41) is 4.25. The molecule has 1 aromatic heterocycles. The molecule has 0 bridgehead atoms. The van der Waals surface area contributed by atoms with E-state index in [-0.39, 0.29) is 75.9 Å². The average Bonchev–Trinajstić information content (AvgIpc) is 3.59. The van der Waals surface area contributed by atoms with Gasteiger partial charge in [0.05, 0.1) is 61.7 Å². The lowest BCUT2D eigenvalue weighted by atomic mass is 10.0. The van der Waals surface area contributed by atoms with Crippen LogP contribution in [0.2, 0.25) is 0 Å². The number of carbonyl (C=O) groups excluding carboxylic acids is 5. The number of nitrogens with zero attached hydrogens (tertiary/aromatic N) is 2. The van der Waals surface area contributed by atoms with Crippen molar-refractivity contribution < 1.29 is 79.5 Å². The van der Waals surface area contributed by atoms with E-state index < -0.39 is 39.6 Å². The highest BCUT2D eigenvalue weighted by atomic mass is 32.2. The Morgan fingerprint density at radius 2 is 1.27 bits per heavy atom. The monoisotopic (exact) mass is 940 g/mol. The Morgan fingerprint density at radius 3 is 1.80 bits per heavy atom. The van der Waals surface area contributed by atoms with Crippen molar-refractivity contribution in [1.82, 2.24) is 10.4 Å². The number of esters is 1. The number of pyridine rings is 1. The number of aryl methyl sites for hydroxylation is 3. The molecule has 2 heterocycles. The molecule has 5 rings (SSSR count). The largest absolute Gasteiger partial charge is 0.491 e. The van der Waals surface area contributed by atoms with Crippen molar-refractivity contribution in [3.8, 4) is 17.2 Å². The van der Waals surface area contributed by atoms with Gasteiger partial charge in [-0.2, -0.15) is 13.0 Å². The van der Waals surface area contributed by atoms with Crippen molar-refractivity contribution in [2.24, 2.45) is 0 Å². The molecule has 0 unspecified atom stereocenters. The van der Waals surface area contributed by atoms with Crippen LogP contribution in [0.25, 0.3) is 21.8 Å². The zero-order valence-electron chi connectivity index (χ0n) is 37.7. The summed E-state index contributed by atoms with van der Waals surface area (Å²) in [7, 11) is -1.11. The number of hydrogen-bond acceptors (Lipinski definition) is 15. The SMILES string of the molecule is COCCOCCOc1ccc2c(c1)c(C(=O)Oc1c(C)cc(C(=O)NCCCCCC(=O)ON3C(=O)CCC3=O)cc1C)c1cc(OCCOCCOC)ccc1[n+]2CCCS(=O)(=O)O. The van der Waals surface area contributed by atoms with Crippen LogP contribution in [-0.4, -0.2) is 127 Å². The highest BCUT2D eigenvalue weighted by molar-refractivity contribution is 7.85. The summed E-state index contributed by atoms with van der Waals surface area (Å²) in [6.07, 6.45) is 1.67. The minimum Gasteiger partial charge on any atom is -0.491 e. The van der Waals surface area contributed by atoms with Gasteiger partial charge < -0.3 is 43.3 Å². The predicted octanol–water partition coefficient (Wildman–Crippen LogP) is 4.38. The molecule has 1 fully saturated rings. The third-order valence-corrected chi connectivity index (χ3v) is 11.2. The minimum atomic E-state index is -4.26. The summed E-state index contributed by atoms with van der Waals surface area (Å²) in [6, 6.07) is 13.6. The smallest absolute Gasteiger partial charge is 0.345 e. The molecular formula is C46H58N3O16S+. The number of fused-ring (bicyclic) bond motifs is 2. The number of benzene rings is 3. The fraction of sp³-hybridized carbons (Fsp3) is 0.478. The third-order valence-electron chi connectivity index (χ3n) is 10.4. The molecule has 66 heavy (non-hydrogen) atoms. The molecule has 19 nitrogen and oxygen atoms in total. The Hall–Kier alpha value is -5.77. The Kier molecular flexibility index (Phi) is 19.6. The van der Waals surface area contributed by atoms with E-state index in [4.69, 9.17) is 38.0 Å². The van der Waals surface area contributed by atoms with Gasteiger partial charge in [0.1, 0.15) is 30.5 Å². The summed E-state index contributed by atoms with van der Waals surface area (Å²) in [4.78, 5) is 68.3. The van der Waals surface area contributed by atoms with Crippen LogP contribution in [0.1, 0.15) is 76.8 Å². The van der Waals surface area contributed by atoms with Gasteiger partial charge in [-0.25, -0.2) is 9.59 Å². The summed E-state index contributed by atoms with van der Waals surface area (Å²) in [5.41, 5.74) is 2.66. The number of nitrogens with one attached hydrogen (secondary N) is 1. The van der Waals surface area contributed by atoms with Crippen LogP contribution in [0.4, 0.5) is 0 Å². The van der Waals surface area contributed by atoms with E-state index in [0.717, 1.165) is 0 Å². The first-order valence-corrected chi connectivity index (χ1v) is 23.3. The number of imide groups is 1. The fourth-order valence-corrected chi connectivity index (χ4v) is 7.71. The first-order valence-electron chi connectivity index (χ1n) is 21.7. The van der Waals surface area contributed by atoms with Crippen molar-refractivity contribution in [1.29, 1.82) is 0 Å². The van der Waals surface area contributed by atoms with Crippen molar-refractivity contribution in [2.75, 3.05) is 79.4 Å². The van der Waals surface area contributed by atoms with Gasteiger partial charge in [-0.15, -0.1) is 5.06 Å². The number of hydroxylamine groups is 2. The van der Waals surface area contributed by atoms with Crippen LogP contribution in [0.3, 0.4) is 0 Å². The standard InChI is InChI=1S/C46H57N3O16S/c1-31-27-33(45(53)47-16-7-5-6-9-42(52)65-49-40(50)14-15-41(49)51)28-32(2)44(31)64-46(54)43-36-29-34(62-24-22-60-20-18-58-3)10-12-38(36)48(17-8-26-66(55,56)57)39-13-11-35(30-37(39)43)63-25-23-61-21-19-59-4/h10-13,27-30H,5-9,14-26H2,1-4H3,(H-,47,53,55,56,57)/p+1. The molecule has 1 saturated heterocycles. The summed E-state index contributed by atoms with van der Waals surface area (Å²) in [5.74, 6) is -2.22. The Balaban J connectivity index is 1.38. The maximum absolute atomic E-state index is 14.7. The van der Waals surface area contributed by atoms with E-state index in [1.54, 1.807) is 76.6 Å². The number of carbonyl (C=O) groups is 5. The molecule has 358 valence electrons. The van der Waals surface area contributed by atoms with Gasteiger partial charge in [0, 0.05) is 64.1 Å². The maximum atomic E-state index is 14.7. The Labute approximate surface area is 383 Å². The van der Waals surface area contributed by atoms with E-state index in [0.29, 0.717) is 107 Å². The number of ether oxygens (including phenoxy) is 7. The zero-order valence-corrected chi connectivity index (χ0v) is 38.5. The van der Waals surface area contributed by atoms with Crippen LogP contribution in [-0.2, 0) is 54.8 Å². The Bertz CT molecular complexity index is 2360. The van der Waals surface area contributed by atoms with Crippen molar-refractivity contribution >= 4 is 61.6 Å². The summed E-state index contributed by atoms with van der Waals surface area (Å²) >= 11 is 0. The number of hydrogen-bond donors (Lipinski definition) is 2. The van der Waals surface area contributed by atoms with Crippen molar-refractivity contribution in [3.05, 3.63) is 70.8 Å².